The van der Waals surface area contributed by atoms with E-state index in [2.05, 4.69) is 15.7 Å². The van der Waals surface area contributed by atoms with Crippen LogP contribution in [0.25, 0.3) is 0 Å². The van der Waals surface area contributed by atoms with Crippen LogP contribution >= 0.6 is 0 Å². The molecule has 0 saturated carbocycles. The number of nitriles is 1. The summed E-state index contributed by atoms with van der Waals surface area (Å²) in [4.78, 5) is 16.4. The van der Waals surface area contributed by atoms with E-state index >= 15 is 0 Å². The molecule has 0 bridgehead atoms. The van der Waals surface area contributed by atoms with Crippen molar-refractivity contribution in [3.8, 4) is 17.6 Å². The van der Waals surface area contributed by atoms with Crippen molar-refractivity contribution >= 4 is 5.91 Å². The summed E-state index contributed by atoms with van der Waals surface area (Å²) in [6, 6.07) is 6.36. The summed E-state index contributed by atoms with van der Waals surface area (Å²) in [6.45, 7) is 3.12. The van der Waals surface area contributed by atoms with Crippen LogP contribution in [0.1, 0.15) is 24.2 Å². The number of alkyl halides is 2. The van der Waals surface area contributed by atoms with Gasteiger partial charge in [-0.25, -0.2) is 0 Å². The number of halogens is 2. The van der Waals surface area contributed by atoms with E-state index in [1.165, 1.54) is 25.3 Å². The Morgan fingerprint density at radius 2 is 1.85 bits per heavy atom. The van der Waals surface area contributed by atoms with Gasteiger partial charge in [-0.05, 0) is 24.1 Å². The van der Waals surface area contributed by atoms with Gasteiger partial charge in [-0.2, -0.15) is 14.0 Å². The standard InChI is InChI=1S/C18H23F2N3O3/c1-12(2)14(11-21)22-6-8-23(9-7-22)17(24)13-4-5-15(25-3)16(10-13)26-18(19)20/h4-5,10,12,14,18H,6-9H2,1-3H3. The number of ether oxygens (including phenoxy) is 2. The molecule has 1 unspecified atom stereocenters. The number of carbonyl (C=O) groups excluding carboxylic acids is 1. The average molecular weight is 367 g/mol. The van der Waals surface area contributed by atoms with Gasteiger partial charge in [-0.15, -0.1) is 0 Å². The number of carbonyl (C=O) groups is 1. The molecule has 6 nitrogen and oxygen atoms in total. The molecule has 1 saturated heterocycles. The number of methoxy groups -OCH3 is 1. The smallest absolute Gasteiger partial charge is 0.387 e. The fourth-order valence-corrected chi connectivity index (χ4v) is 3.04. The van der Waals surface area contributed by atoms with Crippen molar-refractivity contribution in [3.63, 3.8) is 0 Å². The van der Waals surface area contributed by atoms with Crippen LogP contribution in [-0.2, 0) is 0 Å². The molecular weight excluding hydrogens is 344 g/mol. The number of nitrogens with zero attached hydrogens (tertiary/aromatic N) is 3. The molecule has 26 heavy (non-hydrogen) atoms. The molecule has 142 valence electrons. The first-order valence-electron chi connectivity index (χ1n) is 8.43. The molecule has 1 aliphatic heterocycles. The predicted octanol–water partition coefficient (Wildman–Crippen LogP) is 2.60. The Balaban J connectivity index is 2.07. The summed E-state index contributed by atoms with van der Waals surface area (Å²) >= 11 is 0. The van der Waals surface area contributed by atoms with E-state index in [1.54, 1.807) is 4.90 Å². The van der Waals surface area contributed by atoms with Crippen LogP contribution in [-0.4, -0.2) is 61.6 Å². The Hall–Kier alpha value is -2.40. The highest BCUT2D eigenvalue weighted by atomic mass is 19.3. The number of hydrogen-bond acceptors (Lipinski definition) is 5. The van der Waals surface area contributed by atoms with E-state index in [0.717, 1.165) is 0 Å². The fraction of sp³-hybridized carbons (Fsp3) is 0.556. The lowest BCUT2D eigenvalue weighted by molar-refractivity contribution is -0.0512. The van der Waals surface area contributed by atoms with Gasteiger partial charge in [-0.3, -0.25) is 9.69 Å². The van der Waals surface area contributed by atoms with E-state index in [1.807, 2.05) is 13.8 Å². The lowest BCUT2D eigenvalue weighted by atomic mass is 10.0. The minimum atomic E-state index is -3.00. The monoisotopic (exact) mass is 367 g/mol. The van der Waals surface area contributed by atoms with E-state index < -0.39 is 6.61 Å². The molecule has 0 spiro atoms. The number of hydrogen-bond donors (Lipinski definition) is 0. The molecule has 1 atom stereocenters. The zero-order chi connectivity index (χ0) is 19.3. The third-order valence-electron chi connectivity index (χ3n) is 4.39. The average Bonchev–Trinajstić information content (AvgIpc) is 2.61. The predicted molar refractivity (Wildman–Crippen MR) is 91.3 cm³/mol. The highest BCUT2D eigenvalue weighted by Crippen LogP contribution is 2.30. The summed E-state index contributed by atoms with van der Waals surface area (Å²) in [5.41, 5.74) is 0.260. The van der Waals surface area contributed by atoms with Gasteiger partial charge in [0.05, 0.1) is 13.2 Å². The van der Waals surface area contributed by atoms with Gasteiger partial charge in [0, 0.05) is 31.7 Å². The summed E-state index contributed by atoms with van der Waals surface area (Å²) in [7, 11) is 1.34. The molecule has 1 aromatic rings. The van der Waals surface area contributed by atoms with E-state index in [0.29, 0.717) is 26.2 Å². The number of amides is 1. The molecule has 0 radical (unpaired) electrons. The van der Waals surface area contributed by atoms with Gasteiger partial charge in [0.15, 0.2) is 11.5 Å². The maximum Gasteiger partial charge on any atom is 0.387 e. The Kier molecular flexibility index (Phi) is 6.75. The second-order valence-corrected chi connectivity index (χ2v) is 6.39. The van der Waals surface area contributed by atoms with Crippen molar-refractivity contribution in [3.05, 3.63) is 23.8 Å². The molecule has 8 heteroatoms. The molecule has 1 fully saturated rings. The molecule has 1 amide bonds. The van der Waals surface area contributed by atoms with Crippen LogP contribution < -0.4 is 9.47 Å². The van der Waals surface area contributed by atoms with Crippen LogP contribution in [0.5, 0.6) is 11.5 Å². The van der Waals surface area contributed by atoms with Crippen molar-refractivity contribution in [1.29, 1.82) is 5.26 Å². The van der Waals surface area contributed by atoms with Gasteiger partial charge in [0.2, 0.25) is 0 Å². The zero-order valence-electron chi connectivity index (χ0n) is 15.1. The van der Waals surface area contributed by atoms with Crippen molar-refractivity contribution < 1.29 is 23.0 Å². The number of rotatable bonds is 6. The summed E-state index contributed by atoms with van der Waals surface area (Å²) in [5.74, 6) is -0.0841. The third kappa shape index (κ3) is 4.61. The molecular formula is C18H23F2N3O3. The second kappa shape index (κ2) is 8.81. The normalized spacial score (nSPS) is 16.5. The Bertz CT molecular complexity index is 668. The summed E-state index contributed by atoms with van der Waals surface area (Å²) in [6.07, 6.45) is 0. The first-order valence-corrected chi connectivity index (χ1v) is 8.43. The largest absolute Gasteiger partial charge is 0.493 e. The lowest BCUT2D eigenvalue weighted by Gasteiger charge is -2.38. The third-order valence-corrected chi connectivity index (χ3v) is 4.39. The Morgan fingerprint density at radius 3 is 2.35 bits per heavy atom. The molecule has 0 aromatic heterocycles. The quantitative estimate of drug-likeness (QED) is 0.773. The molecule has 1 aromatic carbocycles. The van der Waals surface area contributed by atoms with Crippen LogP contribution in [0.15, 0.2) is 18.2 Å². The maximum absolute atomic E-state index is 12.7. The van der Waals surface area contributed by atoms with Crippen molar-refractivity contribution in [2.24, 2.45) is 5.92 Å². The van der Waals surface area contributed by atoms with Crippen LogP contribution in [0.4, 0.5) is 8.78 Å². The first-order chi connectivity index (χ1) is 12.4. The van der Waals surface area contributed by atoms with Crippen molar-refractivity contribution in [2.75, 3.05) is 33.3 Å². The lowest BCUT2D eigenvalue weighted by Crippen LogP contribution is -2.52. The van der Waals surface area contributed by atoms with Gasteiger partial charge in [-0.1, -0.05) is 13.8 Å². The summed E-state index contributed by atoms with van der Waals surface area (Å²) < 4.78 is 34.5. The number of benzene rings is 1. The van der Waals surface area contributed by atoms with Crippen LogP contribution in [0.3, 0.4) is 0 Å². The van der Waals surface area contributed by atoms with Crippen LogP contribution in [0, 0.1) is 17.2 Å². The first kappa shape index (κ1) is 19.9. The van der Waals surface area contributed by atoms with E-state index in [-0.39, 0.29) is 34.9 Å². The van der Waals surface area contributed by atoms with Gasteiger partial charge in [0.1, 0.15) is 6.04 Å². The Labute approximate surface area is 151 Å². The van der Waals surface area contributed by atoms with Gasteiger partial charge in [0.25, 0.3) is 5.91 Å². The molecule has 1 heterocycles. The SMILES string of the molecule is COc1ccc(C(=O)N2CCN(C(C#N)C(C)C)CC2)cc1OC(F)F. The fourth-order valence-electron chi connectivity index (χ4n) is 3.04. The molecule has 1 aliphatic rings. The minimum Gasteiger partial charge on any atom is -0.493 e. The van der Waals surface area contributed by atoms with E-state index in [9.17, 15) is 18.8 Å². The van der Waals surface area contributed by atoms with Crippen molar-refractivity contribution in [1.82, 2.24) is 9.80 Å². The Morgan fingerprint density at radius 1 is 1.19 bits per heavy atom. The van der Waals surface area contributed by atoms with Crippen LogP contribution in [0.2, 0.25) is 0 Å². The van der Waals surface area contributed by atoms with E-state index in [4.69, 9.17) is 4.74 Å². The second-order valence-electron chi connectivity index (χ2n) is 6.39. The number of piperazine rings is 1. The molecule has 0 aliphatic carbocycles. The van der Waals surface area contributed by atoms with Crippen molar-refractivity contribution in [2.45, 2.75) is 26.5 Å². The zero-order valence-corrected chi connectivity index (χ0v) is 15.1. The van der Waals surface area contributed by atoms with Gasteiger partial charge < -0.3 is 14.4 Å². The van der Waals surface area contributed by atoms with Gasteiger partial charge >= 0.3 is 6.61 Å². The topological polar surface area (TPSA) is 65.8 Å². The molecule has 0 N–H and O–H groups in total. The maximum atomic E-state index is 12.7. The highest BCUT2D eigenvalue weighted by Gasteiger charge is 2.28. The highest BCUT2D eigenvalue weighted by molar-refractivity contribution is 5.95. The summed E-state index contributed by atoms with van der Waals surface area (Å²) in [5, 5.41) is 9.29. The molecule has 2 rings (SSSR count). The minimum absolute atomic E-state index is 0.139.